The van der Waals surface area contributed by atoms with Gasteiger partial charge in [0.25, 0.3) is 0 Å². The fourth-order valence-electron chi connectivity index (χ4n) is 5.88. The molecule has 2 atom stereocenters. The van der Waals surface area contributed by atoms with Gasteiger partial charge in [0.15, 0.2) is 0 Å². The van der Waals surface area contributed by atoms with Crippen LogP contribution in [0.15, 0.2) is 65.1 Å². The van der Waals surface area contributed by atoms with Gasteiger partial charge in [-0.3, -0.25) is 0 Å². The summed E-state index contributed by atoms with van der Waals surface area (Å²) < 4.78 is 13.1. The van der Waals surface area contributed by atoms with Gasteiger partial charge in [0.2, 0.25) is 0 Å². The molecule has 1 unspecified atom stereocenters. The molecule has 0 radical (unpaired) electrons. The van der Waals surface area contributed by atoms with Gasteiger partial charge in [-0.15, -0.1) is 0 Å². The number of carbonyl (C=O) groups is 1. The van der Waals surface area contributed by atoms with Crippen LogP contribution < -0.4 is 0 Å². The molecule has 3 aromatic rings. The van der Waals surface area contributed by atoms with E-state index in [-0.39, 0.29) is 29.9 Å². The Bertz CT molecular complexity index is 1210. The van der Waals surface area contributed by atoms with Crippen molar-refractivity contribution >= 4 is 22.0 Å². The third-order valence-electron chi connectivity index (χ3n) is 7.43. The lowest BCUT2D eigenvalue weighted by Crippen LogP contribution is -2.42. The summed E-state index contributed by atoms with van der Waals surface area (Å²) in [7, 11) is 0. The van der Waals surface area contributed by atoms with Crippen LogP contribution in [0.1, 0.15) is 47.1 Å². The number of ether oxygens (including phenoxy) is 2. The Morgan fingerprint density at radius 3 is 2.50 bits per heavy atom. The number of phenols is 1. The molecular formula is C28H26BrNO4. The lowest BCUT2D eigenvalue weighted by atomic mass is 9.91. The standard InChI is InChI=1S/C28H26BrNO4/c29-23-11-12-25(31)26-21(23)13-15-33-27(26)24-10-5-14-30(24)28(32)34-16-22-19-8-3-1-6-17(19)18-7-2-4-9-20(18)22/h1-4,6-9,11-12,22,24,27,31H,5,10,13-16H2/t24-,27?/m0/s1. The second kappa shape index (κ2) is 8.75. The number of halogens is 1. The Kier molecular flexibility index (Phi) is 5.58. The predicted molar refractivity (Wildman–Crippen MR) is 133 cm³/mol. The van der Waals surface area contributed by atoms with Crippen molar-refractivity contribution in [1.82, 2.24) is 4.90 Å². The molecule has 0 aromatic heterocycles. The molecule has 5 nitrogen and oxygen atoms in total. The van der Waals surface area contributed by atoms with Gasteiger partial charge in [-0.2, -0.15) is 0 Å². The SMILES string of the molecule is O=C(OCC1c2ccccc2-c2ccccc21)N1CCC[C@H]1C1OCCc2c(Br)ccc(O)c21. The number of rotatable bonds is 3. The molecule has 0 bridgehead atoms. The van der Waals surface area contributed by atoms with Crippen LogP contribution >= 0.6 is 15.9 Å². The highest BCUT2D eigenvalue weighted by Crippen LogP contribution is 2.46. The van der Waals surface area contributed by atoms with Crippen molar-refractivity contribution in [2.45, 2.75) is 37.3 Å². The number of amides is 1. The van der Waals surface area contributed by atoms with Crippen molar-refractivity contribution in [1.29, 1.82) is 0 Å². The van der Waals surface area contributed by atoms with Crippen LogP contribution in [-0.2, 0) is 15.9 Å². The van der Waals surface area contributed by atoms with E-state index in [1.165, 1.54) is 22.3 Å². The van der Waals surface area contributed by atoms with E-state index in [1.54, 1.807) is 11.0 Å². The minimum Gasteiger partial charge on any atom is -0.508 e. The number of fused-ring (bicyclic) bond motifs is 4. The fourth-order valence-corrected chi connectivity index (χ4v) is 6.43. The number of carbonyl (C=O) groups excluding carboxylic acids is 1. The molecule has 6 heteroatoms. The third kappa shape index (κ3) is 3.51. The summed E-state index contributed by atoms with van der Waals surface area (Å²) in [5.74, 6) is 0.256. The molecule has 0 spiro atoms. The van der Waals surface area contributed by atoms with Crippen molar-refractivity contribution < 1.29 is 19.4 Å². The monoisotopic (exact) mass is 519 g/mol. The highest BCUT2D eigenvalue weighted by Gasteiger charge is 2.41. The van der Waals surface area contributed by atoms with Gasteiger partial charge in [-0.05, 0) is 59.2 Å². The van der Waals surface area contributed by atoms with Crippen molar-refractivity contribution in [2.75, 3.05) is 19.8 Å². The number of benzene rings is 3. The highest BCUT2D eigenvalue weighted by atomic mass is 79.9. The van der Waals surface area contributed by atoms with E-state index in [1.807, 2.05) is 18.2 Å². The largest absolute Gasteiger partial charge is 0.508 e. The van der Waals surface area contributed by atoms with E-state index in [4.69, 9.17) is 9.47 Å². The maximum atomic E-state index is 13.3. The molecule has 174 valence electrons. The number of hydrogen-bond acceptors (Lipinski definition) is 4. The molecule has 2 aliphatic heterocycles. The highest BCUT2D eigenvalue weighted by molar-refractivity contribution is 9.10. The van der Waals surface area contributed by atoms with Crippen molar-refractivity contribution in [3.63, 3.8) is 0 Å². The average molecular weight is 520 g/mol. The Hall–Kier alpha value is -2.83. The van der Waals surface area contributed by atoms with E-state index in [0.29, 0.717) is 19.8 Å². The van der Waals surface area contributed by atoms with E-state index in [2.05, 4.69) is 52.3 Å². The summed E-state index contributed by atoms with van der Waals surface area (Å²) in [5.41, 5.74) is 6.69. The van der Waals surface area contributed by atoms with Crippen LogP contribution in [-0.4, -0.2) is 41.9 Å². The molecule has 1 saturated heterocycles. The first-order valence-corrected chi connectivity index (χ1v) is 12.7. The van der Waals surface area contributed by atoms with Gasteiger partial charge in [0.05, 0.1) is 12.6 Å². The molecule has 6 rings (SSSR count). The van der Waals surface area contributed by atoms with Crippen molar-refractivity contribution in [2.24, 2.45) is 0 Å². The zero-order valence-corrected chi connectivity index (χ0v) is 20.3. The molecule has 1 aliphatic carbocycles. The summed E-state index contributed by atoms with van der Waals surface area (Å²) in [6.45, 7) is 1.50. The normalized spacial score (nSPS) is 21.1. The Balaban J connectivity index is 1.23. The summed E-state index contributed by atoms with van der Waals surface area (Å²) in [5, 5.41) is 10.6. The van der Waals surface area contributed by atoms with E-state index in [0.717, 1.165) is 34.9 Å². The molecule has 3 aliphatic rings. The Morgan fingerprint density at radius 1 is 1.06 bits per heavy atom. The molecule has 34 heavy (non-hydrogen) atoms. The number of likely N-dealkylation sites (tertiary alicyclic amines) is 1. The lowest BCUT2D eigenvalue weighted by molar-refractivity contribution is -0.0141. The zero-order chi connectivity index (χ0) is 23.2. The molecule has 1 fully saturated rings. The molecule has 1 N–H and O–H groups in total. The quantitative estimate of drug-likeness (QED) is 0.448. The van der Waals surface area contributed by atoms with Crippen LogP contribution in [0, 0.1) is 0 Å². The van der Waals surface area contributed by atoms with E-state index in [9.17, 15) is 9.90 Å². The maximum absolute atomic E-state index is 13.3. The smallest absolute Gasteiger partial charge is 0.410 e. The van der Waals surface area contributed by atoms with Crippen LogP contribution in [0.25, 0.3) is 11.1 Å². The zero-order valence-electron chi connectivity index (χ0n) is 18.7. The Morgan fingerprint density at radius 2 is 1.76 bits per heavy atom. The minimum atomic E-state index is -0.357. The van der Waals surface area contributed by atoms with Gasteiger partial charge in [0, 0.05) is 22.5 Å². The van der Waals surface area contributed by atoms with Crippen molar-refractivity contribution in [3.05, 3.63) is 87.4 Å². The van der Waals surface area contributed by atoms with E-state index < -0.39 is 0 Å². The van der Waals surface area contributed by atoms with Crippen LogP contribution in [0.4, 0.5) is 4.79 Å². The predicted octanol–water partition coefficient (Wildman–Crippen LogP) is 6.18. The van der Waals surface area contributed by atoms with Gasteiger partial charge in [0.1, 0.15) is 18.5 Å². The minimum absolute atomic E-state index is 0.0315. The van der Waals surface area contributed by atoms with E-state index >= 15 is 0 Å². The van der Waals surface area contributed by atoms with Gasteiger partial charge < -0.3 is 19.5 Å². The fraction of sp³-hybridized carbons (Fsp3) is 0.321. The second-order valence-corrected chi connectivity index (χ2v) is 10.1. The van der Waals surface area contributed by atoms with Crippen LogP contribution in [0.5, 0.6) is 5.75 Å². The first kappa shape index (κ1) is 21.7. The summed E-state index contributed by atoms with van der Waals surface area (Å²) >= 11 is 3.61. The second-order valence-electron chi connectivity index (χ2n) is 9.21. The molecule has 3 aromatic carbocycles. The van der Waals surface area contributed by atoms with Gasteiger partial charge >= 0.3 is 6.09 Å². The molecular weight excluding hydrogens is 494 g/mol. The summed E-state index contributed by atoms with van der Waals surface area (Å²) in [6.07, 6.45) is 1.77. The van der Waals surface area contributed by atoms with Crippen molar-refractivity contribution in [3.8, 4) is 16.9 Å². The molecule has 2 heterocycles. The average Bonchev–Trinajstić information content (AvgIpc) is 3.48. The number of nitrogens with zero attached hydrogens (tertiary/aromatic N) is 1. The van der Waals surface area contributed by atoms with Gasteiger partial charge in [-0.25, -0.2) is 4.79 Å². The molecule has 1 amide bonds. The Labute approximate surface area is 207 Å². The third-order valence-corrected chi connectivity index (χ3v) is 8.17. The lowest BCUT2D eigenvalue weighted by Gasteiger charge is -2.35. The number of hydrogen-bond donors (Lipinski definition) is 1. The maximum Gasteiger partial charge on any atom is 0.410 e. The van der Waals surface area contributed by atoms with Crippen LogP contribution in [0.2, 0.25) is 0 Å². The first-order chi connectivity index (χ1) is 16.6. The topological polar surface area (TPSA) is 59.0 Å². The summed E-state index contributed by atoms with van der Waals surface area (Å²) in [6, 6.07) is 20.1. The summed E-state index contributed by atoms with van der Waals surface area (Å²) in [4.78, 5) is 15.1. The van der Waals surface area contributed by atoms with Gasteiger partial charge in [-0.1, -0.05) is 64.5 Å². The molecule has 0 saturated carbocycles. The van der Waals surface area contributed by atoms with Crippen LogP contribution in [0.3, 0.4) is 0 Å². The first-order valence-electron chi connectivity index (χ1n) is 11.9. The number of phenolic OH excluding ortho intramolecular Hbond substituents is 1. The number of aromatic hydroxyl groups is 1.